The first-order valence-electron chi connectivity index (χ1n) is 7.07. The maximum absolute atomic E-state index is 13.6. The van der Waals surface area contributed by atoms with Gasteiger partial charge in [-0.15, -0.1) is 5.10 Å². The summed E-state index contributed by atoms with van der Waals surface area (Å²) in [5.41, 5.74) is 0. The molecule has 0 saturated heterocycles. The molecule has 118 valence electrons. The first-order valence-corrected chi connectivity index (χ1v) is 7.07. The summed E-state index contributed by atoms with van der Waals surface area (Å²) in [6.07, 6.45) is 2.75. The molecule has 1 N–H and O–H groups in total. The second-order valence-corrected chi connectivity index (χ2v) is 4.73. The Hall–Kier alpha value is -3.03. The van der Waals surface area contributed by atoms with E-state index in [2.05, 4.69) is 20.4 Å². The van der Waals surface area contributed by atoms with Crippen LogP contribution in [0.1, 0.15) is 13.3 Å². The van der Waals surface area contributed by atoms with Crippen molar-refractivity contribution in [3.05, 3.63) is 48.5 Å². The monoisotopic (exact) mass is 315 g/mol. The van der Waals surface area contributed by atoms with Crippen LogP contribution in [-0.4, -0.2) is 31.6 Å². The highest BCUT2D eigenvalue weighted by Gasteiger charge is 2.21. The molecule has 0 aliphatic rings. The topological polar surface area (TPSA) is 81.4 Å². The van der Waals surface area contributed by atoms with Crippen molar-refractivity contribution >= 4 is 17.6 Å². The van der Waals surface area contributed by atoms with Gasteiger partial charge in [0.1, 0.15) is 0 Å². The quantitative estimate of drug-likeness (QED) is 0.779. The lowest BCUT2D eigenvalue weighted by Crippen LogP contribution is -2.33. The number of nitrogens with one attached hydrogen (secondary N) is 1. The lowest BCUT2D eigenvalue weighted by atomic mass is 10.2. The highest BCUT2D eigenvalue weighted by atomic mass is 19.1. The van der Waals surface area contributed by atoms with Gasteiger partial charge >= 0.3 is 0 Å². The van der Waals surface area contributed by atoms with Crippen molar-refractivity contribution in [3.8, 4) is 5.75 Å². The van der Waals surface area contributed by atoms with Crippen LogP contribution in [0.4, 0.5) is 10.3 Å². The molecule has 0 saturated carbocycles. The second-order valence-electron chi connectivity index (χ2n) is 4.73. The lowest BCUT2D eigenvalue weighted by molar-refractivity contribution is -0.123. The van der Waals surface area contributed by atoms with Gasteiger partial charge < -0.3 is 4.74 Å². The first kappa shape index (κ1) is 14.9. The number of carbonyl (C=O) groups is 1. The number of hydrogen-bond acceptors (Lipinski definition) is 5. The van der Waals surface area contributed by atoms with Crippen molar-refractivity contribution in [2.45, 2.75) is 19.4 Å². The number of fused-ring (bicyclic) bond motifs is 1. The minimum Gasteiger partial charge on any atom is -0.478 e. The van der Waals surface area contributed by atoms with Crippen molar-refractivity contribution in [3.63, 3.8) is 0 Å². The summed E-state index contributed by atoms with van der Waals surface area (Å²) < 4.78 is 20.5. The van der Waals surface area contributed by atoms with E-state index in [0.29, 0.717) is 12.2 Å². The Morgan fingerprint density at radius 1 is 1.39 bits per heavy atom. The van der Waals surface area contributed by atoms with E-state index < -0.39 is 17.8 Å². The van der Waals surface area contributed by atoms with Crippen molar-refractivity contribution in [2.24, 2.45) is 0 Å². The number of halogens is 1. The molecule has 0 aliphatic heterocycles. The van der Waals surface area contributed by atoms with Crippen molar-refractivity contribution < 1.29 is 13.9 Å². The highest BCUT2D eigenvalue weighted by molar-refractivity contribution is 5.93. The van der Waals surface area contributed by atoms with E-state index >= 15 is 0 Å². The third-order valence-corrected chi connectivity index (χ3v) is 3.12. The largest absolute Gasteiger partial charge is 0.478 e. The molecule has 3 aromatic rings. The fourth-order valence-electron chi connectivity index (χ4n) is 1.99. The molecule has 23 heavy (non-hydrogen) atoms. The van der Waals surface area contributed by atoms with Crippen molar-refractivity contribution in [1.29, 1.82) is 0 Å². The summed E-state index contributed by atoms with van der Waals surface area (Å²) in [6.45, 7) is 1.77. The number of ether oxygens (including phenoxy) is 1. The number of carbonyl (C=O) groups excluding carboxylic acids is 1. The molecule has 0 bridgehead atoms. The smallest absolute Gasteiger partial charge is 0.267 e. The number of amides is 1. The molecule has 0 radical (unpaired) electrons. The van der Waals surface area contributed by atoms with Crippen molar-refractivity contribution in [1.82, 2.24) is 19.6 Å². The number of rotatable bonds is 5. The Labute approximate surface area is 131 Å². The van der Waals surface area contributed by atoms with Crippen LogP contribution in [0.25, 0.3) is 5.78 Å². The van der Waals surface area contributed by atoms with Gasteiger partial charge in [0.2, 0.25) is 0 Å². The van der Waals surface area contributed by atoms with E-state index in [-0.39, 0.29) is 11.7 Å². The van der Waals surface area contributed by atoms with Crippen LogP contribution in [0.3, 0.4) is 0 Å². The lowest BCUT2D eigenvalue weighted by Gasteiger charge is -2.16. The van der Waals surface area contributed by atoms with Crippen LogP contribution in [0.15, 0.2) is 42.7 Å². The Bertz CT molecular complexity index is 802. The van der Waals surface area contributed by atoms with E-state index in [1.165, 1.54) is 16.6 Å². The number of anilines is 1. The van der Waals surface area contributed by atoms with Gasteiger partial charge in [0, 0.05) is 12.4 Å². The van der Waals surface area contributed by atoms with Crippen LogP contribution >= 0.6 is 0 Å². The molecule has 8 heteroatoms. The molecule has 0 aliphatic carbocycles. The van der Waals surface area contributed by atoms with Gasteiger partial charge in [0.05, 0.1) is 0 Å². The van der Waals surface area contributed by atoms with Gasteiger partial charge in [-0.2, -0.15) is 4.98 Å². The van der Waals surface area contributed by atoms with Gasteiger partial charge in [-0.3, -0.25) is 10.1 Å². The van der Waals surface area contributed by atoms with Gasteiger partial charge in [-0.25, -0.2) is 13.9 Å². The first-order chi connectivity index (χ1) is 11.2. The van der Waals surface area contributed by atoms with Crippen LogP contribution in [0.2, 0.25) is 0 Å². The normalized spacial score (nSPS) is 12.1. The summed E-state index contributed by atoms with van der Waals surface area (Å²) in [7, 11) is 0. The molecular formula is C15H14FN5O2. The Kier molecular flexibility index (Phi) is 4.13. The molecule has 0 spiro atoms. The third-order valence-electron chi connectivity index (χ3n) is 3.12. The molecule has 1 amide bonds. The maximum Gasteiger partial charge on any atom is 0.267 e. The molecule has 1 aromatic carbocycles. The molecule has 1 atom stereocenters. The van der Waals surface area contributed by atoms with Gasteiger partial charge in [-0.05, 0) is 24.6 Å². The number of nitrogens with zero attached hydrogens (tertiary/aromatic N) is 4. The minimum atomic E-state index is -0.855. The summed E-state index contributed by atoms with van der Waals surface area (Å²) in [6, 6.07) is 7.63. The van der Waals surface area contributed by atoms with Crippen LogP contribution < -0.4 is 10.1 Å². The minimum absolute atomic E-state index is 0.0270. The zero-order valence-corrected chi connectivity index (χ0v) is 12.3. The van der Waals surface area contributed by atoms with Crippen LogP contribution in [0.5, 0.6) is 5.75 Å². The van der Waals surface area contributed by atoms with E-state index in [9.17, 15) is 9.18 Å². The van der Waals surface area contributed by atoms with Gasteiger partial charge in [0.25, 0.3) is 17.6 Å². The summed E-state index contributed by atoms with van der Waals surface area (Å²) in [5, 5.41) is 6.63. The molecular weight excluding hydrogens is 301 g/mol. The van der Waals surface area contributed by atoms with Crippen LogP contribution in [0, 0.1) is 5.82 Å². The molecule has 0 fully saturated rings. The zero-order valence-electron chi connectivity index (χ0n) is 12.3. The number of hydrogen-bond donors (Lipinski definition) is 1. The standard InChI is InChI=1S/C15H14FN5O2/c1-2-11(23-12-7-4-3-6-10(12)16)13(22)18-14-19-15-17-8-5-9-21(15)20-14/h3-9,11H,2H2,1H3,(H,18,20,22)/t11-/m1/s1. The Morgan fingerprint density at radius 2 is 2.22 bits per heavy atom. The fourth-order valence-corrected chi connectivity index (χ4v) is 1.99. The molecule has 0 unspecified atom stereocenters. The van der Waals surface area contributed by atoms with E-state index in [1.807, 2.05) is 0 Å². The maximum atomic E-state index is 13.6. The van der Waals surface area contributed by atoms with Crippen LogP contribution in [-0.2, 0) is 4.79 Å². The van der Waals surface area contributed by atoms with E-state index in [4.69, 9.17) is 4.74 Å². The van der Waals surface area contributed by atoms with Gasteiger partial charge in [-0.1, -0.05) is 19.1 Å². The van der Waals surface area contributed by atoms with Gasteiger partial charge in [0.15, 0.2) is 17.7 Å². The van der Waals surface area contributed by atoms with E-state index in [0.717, 1.165) is 0 Å². The molecule has 3 rings (SSSR count). The summed E-state index contributed by atoms with van der Waals surface area (Å²) in [4.78, 5) is 20.4. The predicted molar refractivity (Wildman–Crippen MR) is 80.5 cm³/mol. The fraction of sp³-hybridized carbons (Fsp3) is 0.200. The Balaban J connectivity index is 1.73. The number of para-hydroxylation sites is 1. The molecule has 7 nitrogen and oxygen atoms in total. The second kappa shape index (κ2) is 6.39. The predicted octanol–water partition coefficient (Wildman–Crippen LogP) is 2.06. The SMILES string of the molecule is CC[C@@H](Oc1ccccc1F)C(=O)Nc1nc2ncccn2n1. The number of benzene rings is 1. The number of aromatic nitrogens is 4. The average molecular weight is 315 g/mol. The molecule has 2 aromatic heterocycles. The Morgan fingerprint density at radius 3 is 2.96 bits per heavy atom. The van der Waals surface area contributed by atoms with E-state index in [1.54, 1.807) is 37.5 Å². The van der Waals surface area contributed by atoms with Crippen molar-refractivity contribution in [2.75, 3.05) is 5.32 Å². The highest BCUT2D eigenvalue weighted by Crippen LogP contribution is 2.18. The zero-order chi connectivity index (χ0) is 16.2. The summed E-state index contributed by atoms with van der Waals surface area (Å²) >= 11 is 0. The summed E-state index contributed by atoms with van der Waals surface area (Å²) in [5.74, 6) is -0.463. The average Bonchev–Trinajstić information content (AvgIpc) is 2.96. The molecule has 2 heterocycles. The third kappa shape index (κ3) is 3.25.